The molecule has 3 rings (SSSR count). The van der Waals surface area contributed by atoms with Gasteiger partial charge in [-0.3, -0.25) is 14.4 Å². The minimum absolute atomic E-state index is 0.00144. The highest BCUT2D eigenvalue weighted by molar-refractivity contribution is 5.92. The predicted molar refractivity (Wildman–Crippen MR) is 102 cm³/mol. The van der Waals surface area contributed by atoms with E-state index < -0.39 is 5.97 Å². The fraction of sp³-hybridized carbons (Fsp3) is 0.571. The summed E-state index contributed by atoms with van der Waals surface area (Å²) in [5.41, 5.74) is 1.39. The van der Waals surface area contributed by atoms with E-state index in [1.54, 1.807) is 24.3 Å². The predicted octanol–water partition coefficient (Wildman–Crippen LogP) is 3.12. The third kappa shape index (κ3) is 5.55. The first-order valence-electron chi connectivity index (χ1n) is 9.93. The molecule has 2 amide bonds. The number of anilines is 1. The van der Waals surface area contributed by atoms with Crippen molar-refractivity contribution in [1.82, 2.24) is 5.32 Å². The molecule has 27 heavy (non-hydrogen) atoms. The van der Waals surface area contributed by atoms with E-state index in [1.807, 2.05) is 0 Å². The van der Waals surface area contributed by atoms with Gasteiger partial charge in [-0.2, -0.15) is 0 Å². The summed E-state index contributed by atoms with van der Waals surface area (Å²) in [4.78, 5) is 35.4. The molecule has 2 saturated carbocycles. The average Bonchev–Trinajstić information content (AvgIpc) is 3.18. The summed E-state index contributed by atoms with van der Waals surface area (Å²) >= 11 is 0. The van der Waals surface area contributed by atoms with Gasteiger partial charge in [0.2, 0.25) is 11.8 Å². The first-order chi connectivity index (χ1) is 13.0. The minimum atomic E-state index is -0.872. The van der Waals surface area contributed by atoms with Crippen LogP contribution in [0.3, 0.4) is 0 Å². The lowest BCUT2D eigenvalue weighted by Crippen LogP contribution is -2.41. The topological polar surface area (TPSA) is 95.5 Å². The van der Waals surface area contributed by atoms with Crippen molar-refractivity contribution in [3.8, 4) is 0 Å². The molecule has 0 spiro atoms. The lowest BCUT2D eigenvalue weighted by molar-refractivity contribution is -0.136. The van der Waals surface area contributed by atoms with Crippen molar-refractivity contribution in [2.45, 2.75) is 63.8 Å². The summed E-state index contributed by atoms with van der Waals surface area (Å²) in [5.74, 6) is -0.523. The van der Waals surface area contributed by atoms with Gasteiger partial charge in [0, 0.05) is 23.6 Å². The summed E-state index contributed by atoms with van der Waals surface area (Å²) in [6.07, 6.45) is 7.54. The van der Waals surface area contributed by atoms with E-state index in [-0.39, 0.29) is 36.1 Å². The molecular weight excluding hydrogens is 344 g/mol. The third-order valence-corrected chi connectivity index (χ3v) is 5.75. The van der Waals surface area contributed by atoms with Crippen molar-refractivity contribution in [3.63, 3.8) is 0 Å². The second kappa shape index (κ2) is 9.02. The number of rotatable bonds is 6. The van der Waals surface area contributed by atoms with Gasteiger partial charge >= 0.3 is 5.97 Å². The van der Waals surface area contributed by atoms with Gasteiger partial charge in [-0.05, 0) is 56.2 Å². The molecule has 0 aromatic heterocycles. The largest absolute Gasteiger partial charge is 0.481 e. The molecule has 1 aromatic rings. The molecule has 0 bridgehead atoms. The van der Waals surface area contributed by atoms with E-state index in [1.165, 1.54) is 0 Å². The SMILES string of the molecule is O=C(O)Cc1ccc(NC(=O)C2CCC(NC(=O)C3CCCC3)CC2)cc1. The van der Waals surface area contributed by atoms with E-state index in [0.717, 1.165) is 51.4 Å². The Bertz CT molecular complexity index is 672. The van der Waals surface area contributed by atoms with Gasteiger partial charge in [0.15, 0.2) is 0 Å². The van der Waals surface area contributed by atoms with Crippen molar-refractivity contribution >= 4 is 23.5 Å². The highest BCUT2D eigenvalue weighted by Crippen LogP contribution is 2.28. The molecular formula is C21H28N2O4. The smallest absolute Gasteiger partial charge is 0.307 e. The van der Waals surface area contributed by atoms with Gasteiger partial charge in [-0.1, -0.05) is 25.0 Å². The normalized spacial score (nSPS) is 23.0. The maximum absolute atomic E-state index is 12.5. The molecule has 0 aliphatic heterocycles. The molecule has 6 nitrogen and oxygen atoms in total. The molecule has 2 aliphatic carbocycles. The summed E-state index contributed by atoms with van der Waals surface area (Å²) < 4.78 is 0. The number of hydrogen-bond acceptors (Lipinski definition) is 3. The van der Waals surface area contributed by atoms with Crippen LogP contribution in [0.5, 0.6) is 0 Å². The van der Waals surface area contributed by atoms with Gasteiger partial charge in [-0.25, -0.2) is 0 Å². The number of aliphatic carboxylic acids is 1. The van der Waals surface area contributed by atoms with E-state index in [2.05, 4.69) is 10.6 Å². The van der Waals surface area contributed by atoms with Crippen LogP contribution in [0.4, 0.5) is 5.69 Å². The second-order valence-electron chi connectivity index (χ2n) is 7.80. The number of amides is 2. The van der Waals surface area contributed by atoms with Crippen molar-refractivity contribution in [2.75, 3.05) is 5.32 Å². The van der Waals surface area contributed by atoms with E-state index in [0.29, 0.717) is 11.3 Å². The molecule has 0 heterocycles. The Morgan fingerprint density at radius 3 is 2.04 bits per heavy atom. The summed E-state index contributed by atoms with van der Waals surface area (Å²) in [7, 11) is 0. The van der Waals surface area contributed by atoms with Crippen molar-refractivity contribution in [1.29, 1.82) is 0 Å². The lowest BCUT2D eigenvalue weighted by Gasteiger charge is -2.29. The zero-order valence-corrected chi connectivity index (χ0v) is 15.6. The van der Waals surface area contributed by atoms with Gasteiger partial charge in [0.25, 0.3) is 0 Å². The third-order valence-electron chi connectivity index (χ3n) is 5.75. The lowest BCUT2D eigenvalue weighted by atomic mass is 9.85. The number of nitrogens with one attached hydrogen (secondary N) is 2. The first kappa shape index (κ1) is 19.4. The maximum atomic E-state index is 12.5. The highest BCUT2D eigenvalue weighted by Gasteiger charge is 2.29. The van der Waals surface area contributed by atoms with Crippen LogP contribution >= 0.6 is 0 Å². The number of carboxylic acids is 1. The Balaban J connectivity index is 1.42. The van der Waals surface area contributed by atoms with E-state index in [4.69, 9.17) is 5.11 Å². The highest BCUT2D eigenvalue weighted by atomic mass is 16.4. The number of carboxylic acid groups (broad SMARTS) is 1. The maximum Gasteiger partial charge on any atom is 0.307 e. The van der Waals surface area contributed by atoms with Crippen molar-refractivity contribution < 1.29 is 19.5 Å². The quantitative estimate of drug-likeness (QED) is 0.715. The Labute approximate surface area is 159 Å². The van der Waals surface area contributed by atoms with Crippen LogP contribution in [0.2, 0.25) is 0 Å². The van der Waals surface area contributed by atoms with Gasteiger partial charge in [-0.15, -0.1) is 0 Å². The Morgan fingerprint density at radius 2 is 1.44 bits per heavy atom. The molecule has 1 aromatic carbocycles. The Morgan fingerprint density at radius 1 is 0.852 bits per heavy atom. The van der Waals surface area contributed by atoms with Gasteiger partial charge < -0.3 is 15.7 Å². The molecule has 146 valence electrons. The van der Waals surface area contributed by atoms with Crippen molar-refractivity contribution in [3.05, 3.63) is 29.8 Å². The zero-order valence-electron chi connectivity index (χ0n) is 15.6. The summed E-state index contributed by atoms with van der Waals surface area (Å²) in [5, 5.41) is 14.9. The van der Waals surface area contributed by atoms with Crippen LogP contribution in [-0.2, 0) is 20.8 Å². The van der Waals surface area contributed by atoms with Crippen LogP contribution < -0.4 is 10.6 Å². The second-order valence-corrected chi connectivity index (χ2v) is 7.80. The van der Waals surface area contributed by atoms with E-state index >= 15 is 0 Å². The number of carbonyl (C=O) groups is 3. The molecule has 0 radical (unpaired) electrons. The van der Waals surface area contributed by atoms with Crippen LogP contribution in [0.25, 0.3) is 0 Å². The molecule has 6 heteroatoms. The Kier molecular flexibility index (Phi) is 6.48. The monoisotopic (exact) mass is 372 g/mol. The fourth-order valence-corrected chi connectivity index (χ4v) is 4.13. The standard InChI is InChI=1S/C21H28N2O4/c24-19(25)13-14-5-9-17(10-6-14)22-21(27)16-7-11-18(12-8-16)23-20(26)15-3-1-2-4-15/h5-6,9-10,15-16,18H,1-4,7-8,11-13H2,(H,22,27)(H,23,26)(H,24,25). The summed E-state index contributed by atoms with van der Waals surface area (Å²) in [6, 6.07) is 7.11. The first-order valence-corrected chi connectivity index (χ1v) is 9.93. The molecule has 2 aliphatic rings. The van der Waals surface area contributed by atoms with Crippen molar-refractivity contribution in [2.24, 2.45) is 11.8 Å². The summed E-state index contributed by atoms with van der Waals surface area (Å²) in [6.45, 7) is 0. The average molecular weight is 372 g/mol. The van der Waals surface area contributed by atoms with Crippen LogP contribution in [0.1, 0.15) is 56.9 Å². The molecule has 0 atom stereocenters. The molecule has 0 unspecified atom stereocenters. The minimum Gasteiger partial charge on any atom is -0.481 e. The number of hydrogen-bond donors (Lipinski definition) is 3. The molecule has 3 N–H and O–H groups in total. The van der Waals surface area contributed by atoms with Crippen LogP contribution in [-0.4, -0.2) is 28.9 Å². The van der Waals surface area contributed by atoms with E-state index in [9.17, 15) is 14.4 Å². The molecule has 2 fully saturated rings. The zero-order chi connectivity index (χ0) is 19.2. The molecule has 0 saturated heterocycles. The number of carbonyl (C=O) groups excluding carboxylic acids is 2. The number of benzene rings is 1. The fourth-order valence-electron chi connectivity index (χ4n) is 4.13. The van der Waals surface area contributed by atoms with Crippen LogP contribution in [0.15, 0.2) is 24.3 Å². The van der Waals surface area contributed by atoms with Gasteiger partial charge in [0.1, 0.15) is 0 Å². The Hall–Kier alpha value is -2.37. The van der Waals surface area contributed by atoms with Gasteiger partial charge in [0.05, 0.1) is 6.42 Å². The van der Waals surface area contributed by atoms with Crippen LogP contribution in [0, 0.1) is 11.8 Å².